The molecule has 244 valence electrons. The van der Waals surface area contributed by atoms with Gasteiger partial charge in [-0.05, 0) is 51.5 Å². The fourth-order valence-electron chi connectivity index (χ4n) is 5.54. The van der Waals surface area contributed by atoms with Crippen LogP contribution in [0.3, 0.4) is 0 Å². The molecule has 5 N–H and O–H groups in total. The maximum absolute atomic E-state index is 13.3. The summed E-state index contributed by atoms with van der Waals surface area (Å²) in [5.41, 5.74) is 2.74. The summed E-state index contributed by atoms with van der Waals surface area (Å²) < 4.78 is 7.27. The van der Waals surface area contributed by atoms with Gasteiger partial charge < -0.3 is 35.8 Å². The molecule has 5 rings (SSSR count). The van der Waals surface area contributed by atoms with Gasteiger partial charge in [0.2, 0.25) is 5.82 Å². The predicted molar refractivity (Wildman–Crippen MR) is 173 cm³/mol. The van der Waals surface area contributed by atoms with E-state index in [9.17, 15) is 19.8 Å². The summed E-state index contributed by atoms with van der Waals surface area (Å²) in [5.74, 6) is -0.810. The number of aliphatic hydroxyl groups excluding tert-OH is 2. The Morgan fingerprint density at radius 2 is 1.63 bits per heavy atom. The number of aromatic nitrogens is 4. The molecule has 2 aromatic carbocycles. The number of rotatable bonds is 14. The number of anilines is 1. The highest BCUT2D eigenvalue weighted by Gasteiger charge is 2.47. The van der Waals surface area contributed by atoms with Gasteiger partial charge in [0.15, 0.2) is 29.3 Å². The number of hydrogen-bond donors (Lipinski definition) is 5. The number of fused-ring (bicyclic) bond motifs is 1. The van der Waals surface area contributed by atoms with Crippen molar-refractivity contribution in [3.63, 3.8) is 0 Å². The summed E-state index contributed by atoms with van der Waals surface area (Å²) in [6, 6.07) is 20.2. The Hall–Kier alpha value is -4.43. The number of aliphatic hydroxyl groups is 2. The van der Waals surface area contributed by atoms with Gasteiger partial charge in [0.05, 0.1) is 6.33 Å². The summed E-state index contributed by atoms with van der Waals surface area (Å²) in [6.45, 7) is 3.87. The average Bonchev–Trinajstić information content (AvgIpc) is 3.62. The number of carbonyl (C=O) groups excluding carboxylic acids is 2. The number of hydrogen-bond acceptors (Lipinski definition) is 10. The lowest BCUT2D eigenvalue weighted by molar-refractivity contribution is -0.137. The molecule has 1 fully saturated rings. The van der Waals surface area contributed by atoms with Gasteiger partial charge in [0, 0.05) is 25.6 Å². The van der Waals surface area contributed by atoms with Gasteiger partial charge in [-0.15, -0.1) is 0 Å². The summed E-state index contributed by atoms with van der Waals surface area (Å²) in [4.78, 5) is 41.6. The van der Waals surface area contributed by atoms with Gasteiger partial charge >= 0.3 is 0 Å². The van der Waals surface area contributed by atoms with Crippen molar-refractivity contribution in [2.75, 3.05) is 45.6 Å². The highest BCUT2D eigenvalue weighted by molar-refractivity contribution is 5.94. The average molecular weight is 631 g/mol. The lowest BCUT2D eigenvalue weighted by Crippen LogP contribution is -2.42. The van der Waals surface area contributed by atoms with Crippen molar-refractivity contribution < 1.29 is 24.5 Å². The van der Waals surface area contributed by atoms with E-state index in [0.29, 0.717) is 31.0 Å². The Bertz CT molecular complexity index is 1560. The molecule has 0 aliphatic carbocycles. The monoisotopic (exact) mass is 630 g/mol. The first kappa shape index (κ1) is 32.9. The third-order valence-electron chi connectivity index (χ3n) is 7.94. The highest BCUT2D eigenvalue weighted by Crippen LogP contribution is 2.33. The van der Waals surface area contributed by atoms with Crippen LogP contribution in [0.25, 0.3) is 11.2 Å². The van der Waals surface area contributed by atoms with E-state index in [1.165, 1.54) is 10.9 Å². The first-order chi connectivity index (χ1) is 22.3. The maximum atomic E-state index is 13.3. The number of imidazole rings is 1. The lowest BCUT2D eigenvalue weighted by Gasteiger charge is -2.20. The number of amides is 2. The molecule has 2 aromatic heterocycles. The molecular weight excluding hydrogens is 588 g/mol. The van der Waals surface area contributed by atoms with Crippen molar-refractivity contribution in [1.29, 1.82) is 0 Å². The zero-order valence-electron chi connectivity index (χ0n) is 26.3. The summed E-state index contributed by atoms with van der Waals surface area (Å²) in [7, 11) is 4.00. The first-order valence-corrected chi connectivity index (χ1v) is 15.6. The Morgan fingerprint density at radius 1 is 0.957 bits per heavy atom. The fraction of sp³-hybridized carbons (Fsp3) is 0.424. The van der Waals surface area contributed by atoms with Crippen LogP contribution in [-0.2, 0) is 9.53 Å². The normalized spacial score (nSPS) is 19.5. The molecule has 13 heteroatoms. The van der Waals surface area contributed by atoms with Gasteiger partial charge in [-0.1, -0.05) is 60.7 Å². The molecule has 13 nitrogen and oxygen atoms in total. The number of carbonyl (C=O) groups is 2. The van der Waals surface area contributed by atoms with Crippen LogP contribution < -0.4 is 16.0 Å². The van der Waals surface area contributed by atoms with Gasteiger partial charge in [-0.2, -0.15) is 0 Å². The smallest absolute Gasteiger partial charge is 0.289 e. The van der Waals surface area contributed by atoms with Gasteiger partial charge in [0.25, 0.3) is 11.8 Å². The molecular formula is C33H42N8O5. The lowest BCUT2D eigenvalue weighted by atomic mass is 9.91. The second kappa shape index (κ2) is 15.2. The highest BCUT2D eigenvalue weighted by atomic mass is 16.6. The van der Waals surface area contributed by atoms with E-state index in [-0.39, 0.29) is 17.4 Å². The zero-order chi connectivity index (χ0) is 32.6. The SMILES string of the molecule is CCNC(=O)[C@H]1O[C@@H](n2cnc3c(NCC(c4ccccc4)c4ccccc4)nc(C(=O)NCCCCN(C)C)nc32)[C@@H](O)[C@@H]1O. The number of nitrogens with one attached hydrogen (secondary N) is 3. The molecule has 0 spiro atoms. The van der Waals surface area contributed by atoms with Crippen LogP contribution in [0.15, 0.2) is 67.0 Å². The standard InChI is InChI=1S/C33H42N8O5/c1-4-34-31(44)27-25(42)26(43)33(46-27)41-20-37-24-28(38-29(39-30(24)41)32(45)35-17-11-12-18-40(2)3)36-19-23(21-13-7-5-8-14-21)22-15-9-6-10-16-22/h5-10,13-16,20,23,25-27,33,42-43H,4,11-12,17-19H2,1-3H3,(H,34,44)(H,35,45)(H,36,38,39)/t25-,26-,27-,33+/m0/s1. The minimum atomic E-state index is -1.48. The van der Waals surface area contributed by atoms with Crippen molar-refractivity contribution in [3.05, 3.63) is 83.9 Å². The molecule has 0 unspecified atom stereocenters. The van der Waals surface area contributed by atoms with Crippen LogP contribution in [0.5, 0.6) is 0 Å². The minimum absolute atomic E-state index is 0.0450. The molecule has 1 aliphatic heterocycles. The minimum Gasteiger partial charge on any atom is -0.387 e. The molecule has 46 heavy (non-hydrogen) atoms. The van der Waals surface area contributed by atoms with Crippen LogP contribution in [-0.4, -0.2) is 105 Å². The van der Waals surface area contributed by atoms with Gasteiger partial charge in [0.1, 0.15) is 12.2 Å². The number of benzene rings is 2. The van der Waals surface area contributed by atoms with E-state index < -0.39 is 36.4 Å². The topological polar surface area (TPSA) is 167 Å². The Labute approximate surface area is 268 Å². The molecule has 1 aliphatic rings. The van der Waals surface area contributed by atoms with Crippen molar-refractivity contribution in [3.8, 4) is 0 Å². The first-order valence-electron chi connectivity index (χ1n) is 15.6. The van der Waals surface area contributed by atoms with E-state index in [1.54, 1.807) is 6.92 Å². The van der Waals surface area contributed by atoms with Crippen molar-refractivity contribution in [2.45, 2.75) is 50.2 Å². The number of unbranched alkanes of at least 4 members (excludes halogenated alkanes) is 1. The number of nitrogens with zero attached hydrogens (tertiary/aromatic N) is 5. The van der Waals surface area contributed by atoms with E-state index >= 15 is 0 Å². The number of likely N-dealkylation sites (N-methyl/N-ethyl adjacent to an activating group) is 1. The summed E-state index contributed by atoms with van der Waals surface area (Å²) >= 11 is 0. The third-order valence-corrected chi connectivity index (χ3v) is 7.94. The summed E-state index contributed by atoms with van der Waals surface area (Å²) in [5, 5.41) is 30.5. The predicted octanol–water partition coefficient (Wildman–Crippen LogP) is 1.90. The third kappa shape index (κ3) is 7.50. The molecule has 4 aromatic rings. The molecule has 3 heterocycles. The van der Waals surface area contributed by atoms with Gasteiger partial charge in [-0.3, -0.25) is 14.2 Å². The van der Waals surface area contributed by atoms with Crippen LogP contribution in [0.2, 0.25) is 0 Å². The van der Waals surface area contributed by atoms with Crippen LogP contribution >= 0.6 is 0 Å². The quantitative estimate of drug-likeness (QED) is 0.130. The molecule has 1 saturated heterocycles. The van der Waals surface area contributed by atoms with E-state index in [4.69, 9.17) is 4.74 Å². The Kier molecular flexibility index (Phi) is 10.9. The number of ether oxygens (including phenoxy) is 1. The Morgan fingerprint density at radius 3 is 2.26 bits per heavy atom. The van der Waals surface area contributed by atoms with E-state index in [2.05, 4.69) is 60.1 Å². The zero-order valence-corrected chi connectivity index (χ0v) is 26.3. The second-order valence-corrected chi connectivity index (χ2v) is 11.6. The Balaban J connectivity index is 1.47. The van der Waals surface area contributed by atoms with E-state index in [1.807, 2.05) is 50.5 Å². The van der Waals surface area contributed by atoms with E-state index in [0.717, 1.165) is 30.5 Å². The summed E-state index contributed by atoms with van der Waals surface area (Å²) in [6.07, 6.45) is -2.30. The molecule has 4 atom stereocenters. The van der Waals surface area contributed by atoms with Gasteiger partial charge in [-0.25, -0.2) is 15.0 Å². The fourth-order valence-corrected chi connectivity index (χ4v) is 5.54. The van der Waals surface area contributed by atoms with Crippen LogP contribution in [0.1, 0.15) is 53.7 Å². The largest absolute Gasteiger partial charge is 0.387 e. The maximum Gasteiger partial charge on any atom is 0.289 e. The van der Waals surface area contributed by atoms with Crippen molar-refractivity contribution >= 4 is 28.8 Å². The molecule has 2 amide bonds. The van der Waals surface area contributed by atoms with Crippen molar-refractivity contribution in [2.24, 2.45) is 0 Å². The van der Waals surface area contributed by atoms with Crippen LogP contribution in [0.4, 0.5) is 5.82 Å². The molecule has 0 bridgehead atoms. The van der Waals surface area contributed by atoms with Crippen LogP contribution in [0, 0.1) is 0 Å². The van der Waals surface area contributed by atoms with Crippen molar-refractivity contribution in [1.82, 2.24) is 35.1 Å². The second-order valence-electron chi connectivity index (χ2n) is 11.6. The molecule has 0 saturated carbocycles. The molecule has 0 radical (unpaired) electrons.